The second kappa shape index (κ2) is 6.32. The Labute approximate surface area is 134 Å². The molecular formula is C19H18NOS+. The fraction of sp³-hybridized carbons (Fsp3) is 0.158. The van der Waals surface area contributed by atoms with Gasteiger partial charge in [0.1, 0.15) is 0 Å². The van der Waals surface area contributed by atoms with Gasteiger partial charge in [0, 0.05) is 23.1 Å². The van der Waals surface area contributed by atoms with Gasteiger partial charge in [0.25, 0.3) is 0 Å². The molecule has 0 radical (unpaired) electrons. The lowest BCUT2D eigenvalue weighted by atomic mass is 10.1. The zero-order valence-corrected chi connectivity index (χ0v) is 13.5. The molecule has 3 aromatic rings. The van der Waals surface area contributed by atoms with Crippen LogP contribution < -0.4 is 4.98 Å². The molecule has 0 aliphatic heterocycles. The second-order valence-electron chi connectivity index (χ2n) is 5.44. The van der Waals surface area contributed by atoms with Crippen LogP contribution in [0.1, 0.15) is 21.5 Å². The molecule has 2 aromatic carbocycles. The number of nitrogens with one attached hydrogen (secondary N) is 1. The number of pyridine rings is 1. The Hall–Kier alpha value is -2.13. The lowest BCUT2D eigenvalue weighted by Gasteiger charge is -2.02. The minimum Gasteiger partial charge on any atom is -0.293 e. The number of hydrogen-bond donors (Lipinski definition) is 0. The summed E-state index contributed by atoms with van der Waals surface area (Å²) in [6.45, 7) is 4.12. The van der Waals surface area contributed by atoms with Crippen LogP contribution in [0.3, 0.4) is 0 Å². The highest BCUT2D eigenvalue weighted by Gasteiger charge is 2.12. The maximum absolute atomic E-state index is 12.2. The van der Waals surface area contributed by atoms with Crippen LogP contribution >= 0.6 is 11.8 Å². The average molecular weight is 308 g/mol. The molecule has 3 heteroatoms. The number of aromatic nitrogens is 1. The summed E-state index contributed by atoms with van der Waals surface area (Å²) in [5.41, 5.74) is 4.27. The van der Waals surface area contributed by atoms with Crippen LogP contribution in [0.15, 0.2) is 59.6 Å². The summed E-state index contributed by atoms with van der Waals surface area (Å²) in [6, 6.07) is 18.1. The summed E-state index contributed by atoms with van der Waals surface area (Å²) in [5, 5.41) is 2.24. The monoisotopic (exact) mass is 308 g/mol. The third-order valence-corrected chi connectivity index (χ3v) is 4.63. The Morgan fingerprint density at radius 1 is 1.05 bits per heavy atom. The minimum absolute atomic E-state index is 0.157. The largest absolute Gasteiger partial charge is 0.293 e. The van der Waals surface area contributed by atoms with E-state index in [0.717, 1.165) is 16.1 Å². The first-order valence-electron chi connectivity index (χ1n) is 7.28. The summed E-state index contributed by atoms with van der Waals surface area (Å²) >= 11 is 1.55. The lowest BCUT2D eigenvalue weighted by Crippen LogP contribution is -2.11. The average Bonchev–Trinajstić information content (AvgIpc) is 2.53. The van der Waals surface area contributed by atoms with Crippen molar-refractivity contribution in [3.63, 3.8) is 0 Å². The third-order valence-electron chi connectivity index (χ3n) is 3.69. The number of benzene rings is 2. The molecule has 22 heavy (non-hydrogen) atoms. The summed E-state index contributed by atoms with van der Waals surface area (Å²) in [6.07, 6.45) is 0. The van der Waals surface area contributed by atoms with Crippen molar-refractivity contribution in [3.05, 3.63) is 71.3 Å². The van der Waals surface area contributed by atoms with E-state index in [-0.39, 0.29) is 5.78 Å². The van der Waals surface area contributed by atoms with Crippen LogP contribution in [0.25, 0.3) is 10.9 Å². The van der Waals surface area contributed by atoms with Crippen LogP contribution in [-0.4, -0.2) is 11.5 Å². The number of thioether (sulfide) groups is 1. The molecule has 1 aromatic heterocycles. The predicted molar refractivity (Wildman–Crippen MR) is 91.5 cm³/mol. The van der Waals surface area contributed by atoms with Crippen molar-refractivity contribution in [2.75, 3.05) is 5.75 Å². The van der Waals surface area contributed by atoms with Gasteiger partial charge in [-0.05, 0) is 37.2 Å². The summed E-state index contributed by atoms with van der Waals surface area (Å²) in [4.78, 5) is 15.6. The number of carbonyl (C=O) groups excluding carboxylic acids is 1. The molecule has 1 N–H and O–H groups in total. The van der Waals surface area contributed by atoms with Crippen LogP contribution in [0.5, 0.6) is 0 Å². The fourth-order valence-corrected chi connectivity index (χ4v) is 3.32. The van der Waals surface area contributed by atoms with E-state index in [1.807, 2.05) is 43.3 Å². The quantitative estimate of drug-likeness (QED) is 0.533. The molecule has 0 aliphatic carbocycles. The van der Waals surface area contributed by atoms with Crippen LogP contribution in [0.2, 0.25) is 0 Å². The summed E-state index contributed by atoms with van der Waals surface area (Å²) in [5.74, 6) is 0.598. The van der Waals surface area contributed by atoms with Gasteiger partial charge in [0.05, 0.1) is 5.75 Å². The number of hydrogen-bond acceptors (Lipinski definition) is 2. The van der Waals surface area contributed by atoms with Gasteiger partial charge in [-0.25, -0.2) is 0 Å². The number of Topliss-reactive ketones (excluding diaryl/α,β-unsaturated/α-hetero) is 1. The number of carbonyl (C=O) groups is 1. The smallest absolute Gasteiger partial charge is 0.239 e. The molecule has 0 aliphatic rings. The van der Waals surface area contributed by atoms with Crippen molar-refractivity contribution in [2.24, 2.45) is 0 Å². The van der Waals surface area contributed by atoms with E-state index in [1.54, 1.807) is 11.8 Å². The maximum atomic E-state index is 12.2. The molecule has 0 amide bonds. The highest BCUT2D eigenvalue weighted by Crippen LogP contribution is 2.21. The molecule has 110 valence electrons. The topological polar surface area (TPSA) is 31.2 Å². The highest BCUT2D eigenvalue weighted by molar-refractivity contribution is 7.99. The summed E-state index contributed by atoms with van der Waals surface area (Å²) < 4.78 is 0. The molecule has 2 nitrogen and oxygen atoms in total. The first kappa shape index (κ1) is 14.8. The Balaban J connectivity index is 1.76. The van der Waals surface area contributed by atoms with E-state index in [4.69, 9.17) is 0 Å². The predicted octanol–water partition coefficient (Wildman–Crippen LogP) is 4.25. The van der Waals surface area contributed by atoms with E-state index in [9.17, 15) is 4.79 Å². The van der Waals surface area contributed by atoms with Crippen molar-refractivity contribution >= 4 is 28.4 Å². The SMILES string of the molecule is Cc1ccc(C(=O)CSc2cc(C)c3ccccc3[nH+]2)cc1. The Bertz CT molecular complexity index is 824. The number of ketones is 1. The van der Waals surface area contributed by atoms with Gasteiger partial charge in [0.15, 0.2) is 5.78 Å². The van der Waals surface area contributed by atoms with E-state index in [2.05, 4.69) is 30.1 Å². The van der Waals surface area contributed by atoms with Gasteiger partial charge in [-0.1, -0.05) is 42.0 Å². The van der Waals surface area contributed by atoms with Gasteiger partial charge < -0.3 is 0 Å². The molecular weight excluding hydrogens is 290 g/mol. The number of aromatic amines is 1. The zero-order valence-electron chi connectivity index (χ0n) is 12.7. The molecule has 3 rings (SSSR count). The Morgan fingerprint density at radius 2 is 1.77 bits per heavy atom. The van der Waals surface area contributed by atoms with Crippen molar-refractivity contribution in [3.8, 4) is 0 Å². The number of rotatable bonds is 4. The fourth-order valence-electron chi connectivity index (χ4n) is 2.42. The minimum atomic E-state index is 0.157. The third kappa shape index (κ3) is 3.20. The Kier molecular flexibility index (Phi) is 4.25. The van der Waals surface area contributed by atoms with Crippen molar-refractivity contribution < 1.29 is 9.78 Å². The number of para-hydroxylation sites is 1. The zero-order chi connectivity index (χ0) is 15.5. The van der Waals surface area contributed by atoms with Gasteiger partial charge in [-0.15, -0.1) is 0 Å². The number of aryl methyl sites for hydroxylation is 2. The standard InChI is InChI=1S/C19H17NOS/c1-13-7-9-15(10-8-13)18(21)12-22-19-11-14(2)16-5-3-4-6-17(16)20-19/h3-11H,12H2,1-2H3/p+1. The molecule has 0 saturated carbocycles. The Morgan fingerprint density at radius 3 is 2.55 bits per heavy atom. The lowest BCUT2D eigenvalue weighted by molar-refractivity contribution is -0.395. The first-order valence-corrected chi connectivity index (χ1v) is 8.26. The van der Waals surface area contributed by atoms with Crippen molar-refractivity contribution in [1.82, 2.24) is 0 Å². The highest BCUT2D eigenvalue weighted by atomic mass is 32.2. The van der Waals surface area contributed by atoms with E-state index >= 15 is 0 Å². The molecule has 0 saturated heterocycles. The maximum Gasteiger partial charge on any atom is 0.239 e. The molecule has 0 fully saturated rings. The van der Waals surface area contributed by atoms with Gasteiger partial charge in [-0.3, -0.25) is 4.79 Å². The molecule has 1 heterocycles. The second-order valence-corrected chi connectivity index (χ2v) is 6.46. The molecule has 0 atom stereocenters. The van der Waals surface area contributed by atoms with Crippen molar-refractivity contribution in [1.29, 1.82) is 0 Å². The van der Waals surface area contributed by atoms with E-state index in [1.165, 1.54) is 16.5 Å². The molecule has 0 bridgehead atoms. The van der Waals surface area contributed by atoms with Crippen LogP contribution in [0.4, 0.5) is 0 Å². The number of H-pyrrole nitrogens is 1. The van der Waals surface area contributed by atoms with Crippen LogP contribution in [0, 0.1) is 13.8 Å². The molecule has 0 unspecified atom stereocenters. The summed E-state index contributed by atoms with van der Waals surface area (Å²) in [7, 11) is 0. The van der Waals surface area contributed by atoms with Crippen molar-refractivity contribution in [2.45, 2.75) is 18.9 Å². The first-order chi connectivity index (χ1) is 10.6. The number of fused-ring (bicyclic) bond motifs is 1. The van der Waals surface area contributed by atoms with Gasteiger partial charge >= 0.3 is 0 Å². The van der Waals surface area contributed by atoms with Crippen LogP contribution in [-0.2, 0) is 0 Å². The normalized spacial score (nSPS) is 10.8. The van der Waals surface area contributed by atoms with Gasteiger partial charge in [-0.2, -0.15) is 4.98 Å². The molecule has 0 spiro atoms. The van der Waals surface area contributed by atoms with E-state index < -0.39 is 0 Å². The van der Waals surface area contributed by atoms with Gasteiger partial charge in [0.2, 0.25) is 10.5 Å². The van der Waals surface area contributed by atoms with E-state index in [0.29, 0.717) is 5.75 Å².